The lowest BCUT2D eigenvalue weighted by Crippen LogP contribution is -2.40. The van der Waals surface area contributed by atoms with E-state index in [1.54, 1.807) is 13.8 Å². The minimum Gasteiger partial charge on any atom is -0.327 e. The molecule has 0 aliphatic rings. The molecule has 6 nitrogen and oxygen atoms in total. The van der Waals surface area contributed by atoms with E-state index in [0.29, 0.717) is 0 Å². The SMILES string of the molecule is CCOC(OCC)(P=O)S(=O)(=O)OCC. The van der Waals surface area contributed by atoms with E-state index in [-0.39, 0.29) is 19.8 Å². The summed E-state index contributed by atoms with van der Waals surface area (Å²) < 4.78 is 48.3. The molecular weight excluding hydrogens is 243 g/mol. The Hall–Kier alpha value is -0.0700. The molecule has 90 valence electrons. The maximum Gasteiger partial charge on any atom is 0.382 e. The third kappa shape index (κ3) is 3.46. The number of ether oxygens (including phenoxy) is 2. The molecule has 0 bridgehead atoms. The maximum absolute atomic E-state index is 11.6. The lowest BCUT2D eigenvalue weighted by atomic mass is 10.8. The van der Waals surface area contributed by atoms with E-state index >= 15 is 0 Å². The van der Waals surface area contributed by atoms with Crippen LogP contribution < -0.4 is 0 Å². The molecule has 0 atom stereocenters. The minimum absolute atomic E-state index is 0.0432. The van der Waals surface area contributed by atoms with Crippen LogP contribution in [0.2, 0.25) is 0 Å². The lowest BCUT2D eigenvalue weighted by molar-refractivity contribution is -0.117. The molecule has 0 saturated heterocycles. The van der Waals surface area contributed by atoms with E-state index < -0.39 is 23.4 Å². The maximum atomic E-state index is 11.6. The van der Waals surface area contributed by atoms with Gasteiger partial charge in [-0.2, -0.15) is 8.42 Å². The molecule has 0 saturated carbocycles. The van der Waals surface area contributed by atoms with Crippen molar-refractivity contribution in [1.82, 2.24) is 0 Å². The highest BCUT2D eigenvalue weighted by Crippen LogP contribution is 2.34. The zero-order valence-electron chi connectivity index (χ0n) is 8.93. The summed E-state index contributed by atoms with van der Waals surface area (Å²) in [6.07, 6.45) is 0. The molecule has 0 aliphatic heterocycles. The molecule has 0 aromatic heterocycles. The van der Waals surface area contributed by atoms with Crippen molar-refractivity contribution < 1.29 is 26.6 Å². The summed E-state index contributed by atoms with van der Waals surface area (Å²) in [6, 6.07) is 0. The van der Waals surface area contributed by atoms with Crippen LogP contribution in [-0.4, -0.2) is 33.1 Å². The van der Waals surface area contributed by atoms with Gasteiger partial charge in [-0.25, -0.2) is 0 Å². The first kappa shape index (κ1) is 14.9. The van der Waals surface area contributed by atoms with E-state index in [2.05, 4.69) is 4.18 Å². The van der Waals surface area contributed by atoms with E-state index in [4.69, 9.17) is 9.47 Å². The number of hydrogen-bond acceptors (Lipinski definition) is 6. The van der Waals surface area contributed by atoms with Gasteiger partial charge in [-0.15, -0.1) is 0 Å². The fourth-order valence-corrected chi connectivity index (χ4v) is 2.75. The van der Waals surface area contributed by atoms with Gasteiger partial charge in [0.2, 0.25) is 8.46 Å². The fraction of sp³-hybridized carbons (Fsp3) is 1.00. The molecule has 0 spiro atoms. The average molecular weight is 258 g/mol. The molecular formula is C7H15O6PS. The third-order valence-corrected chi connectivity index (χ3v) is 4.14. The molecule has 0 unspecified atom stereocenters. The zero-order valence-corrected chi connectivity index (χ0v) is 10.6. The Kier molecular flexibility index (Phi) is 6.47. The monoisotopic (exact) mass is 258 g/mol. The Labute approximate surface area is 91.2 Å². The normalized spacial score (nSPS) is 13.3. The Morgan fingerprint density at radius 2 is 1.53 bits per heavy atom. The summed E-state index contributed by atoms with van der Waals surface area (Å²) in [5.74, 6) is 0. The molecule has 0 rings (SSSR count). The van der Waals surface area contributed by atoms with Gasteiger partial charge in [-0.05, 0) is 20.8 Å². The van der Waals surface area contributed by atoms with Crippen LogP contribution in [0, 0.1) is 0 Å². The minimum atomic E-state index is -4.18. The average Bonchev–Trinajstić information content (AvgIpc) is 2.17. The topological polar surface area (TPSA) is 78.9 Å². The molecule has 0 heterocycles. The van der Waals surface area contributed by atoms with Crippen molar-refractivity contribution in [1.29, 1.82) is 0 Å². The third-order valence-electron chi connectivity index (χ3n) is 1.35. The first-order valence-corrected chi connectivity index (χ1v) is 6.73. The predicted molar refractivity (Wildman–Crippen MR) is 54.1 cm³/mol. The second kappa shape index (κ2) is 6.50. The summed E-state index contributed by atoms with van der Waals surface area (Å²) in [5, 5.41) is 0. The lowest BCUT2D eigenvalue weighted by Gasteiger charge is -2.24. The molecule has 0 aliphatic carbocycles. The van der Waals surface area contributed by atoms with Gasteiger partial charge in [-0.1, -0.05) is 0 Å². The first-order valence-electron chi connectivity index (χ1n) is 4.51. The summed E-state index contributed by atoms with van der Waals surface area (Å²) in [4.78, 5) is -2.24. The highest BCUT2D eigenvalue weighted by Gasteiger charge is 2.49. The second-order valence-corrected chi connectivity index (χ2v) is 5.10. The van der Waals surface area contributed by atoms with Crippen molar-refractivity contribution in [2.24, 2.45) is 0 Å². The van der Waals surface area contributed by atoms with Crippen LogP contribution >= 0.6 is 8.46 Å². The first-order chi connectivity index (χ1) is 6.99. The molecule has 0 aromatic carbocycles. The standard InChI is InChI=1S/C7H15O6PS/c1-4-11-7(14-8,12-5-2)15(9,10)13-6-3/h4-6H2,1-3H3. The molecule has 8 heteroatoms. The summed E-state index contributed by atoms with van der Waals surface area (Å²) in [5.41, 5.74) is 0. The highest BCUT2D eigenvalue weighted by molar-refractivity contribution is 7.92. The van der Waals surface area contributed by atoms with Gasteiger partial charge in [0.05, 0.1) is 6.61 Å². The van der Waals surface area contributed by atoms with E-state index in [1.165, 1.54) is 6.92 Å². The number of rotatable bonds is 8. The molecule has 0 radical (unpaired) electrons. The van der Waals surface area contributed by atoms with Gasteiger partial charge in [0.25, 0.3) is 0 Å². The Morgan fingerprint density at radius 1 is 1.07 bits per heavy atom. The van der Waals surface area contributed by atoms with Crippen molar-refractivity contribution in [2.75, 3.05) is 19.8 Å². The van der Waals surface area contributed by atoms with Gasteiger partial charge in [-0.3, -0.25) is 8.75 Å². The summed E-state index contributed by atoms with van der Waals surface area (Å²) >= 11 is 0. The van der Waals surface area contributed by atoms with Crippen molar-refractivity contribution in [2.45, 2.75) is 25.6 Å². The van der Waals surface area contributed by atoms with Crippen LogP contribution in [0.5, 0.6) is 0 Å². The molecule has 15 heavy (non-hydrogen) atoms. The quantitative estimate of drug-likeness (QED) is 0.371. The van der Waals surface area contributed by atoms with Crippen LogP contribution in [0.3, 0.4) is 0 Å². The summed E-state index contributed by atoms with van der Waals surface area (Å²) in [6.45, 7) is 4.66. The van der Waals surface area contributed by atoms with Crippen LogP contribution in [0.25, 0.3) is 0 Å². The predicted octanol–water partition coefficient (Wildman–Crippen LogP) is 1.33. The van der Waals surface area contributed by atoms with Gasteiger partial charge < -0.3 is 9.47 Å². The largest absolute Gasteiger partial charge is 0.382 e. The van der Waals surface area contributed by atoms with Crippen molar-refractivity contribution >= 4 is 18.6 Å². The van der Waals surface area contributed by atoms with Gasteiger partial charge in [0.15, 0.2) is 0 Å². The smallest absolute Gasteiger partial charge is 0.327 e. The van der Waals surface area contributed by atoms with Crippen LogP contribution in [-0.2, 0) is 28.3 Å². The Morgan fingerprint density at radius 3 is 1.80 bits per heavy atom. The second-order valence-electron chi connectivity index (χ2n) is 2.34. The fourth-order valence-electron chi connectivity index (χ4n) is 0.879. The van der Waals surface area contributed by atoms with Crippen molar-refractivity contribution in [3.8, 4) is 0 Å². The Bertz CT molecular complexity index is 282. The molecule has 0 N–H and O–H groups in total. The van der Waals surface area contributed by atoms with Crippen LogP contribution in [0.1, 0.15) is 20.8 Å². The van der Waals surface area contributed by atoms with Gasteiger partial charge >= 0.3 is 15.0 Å². The van der Waals surface area contributed by atoms with Crippen LogP contribution in [0.15, 0.2) is 0 Å². The Balaban J connectivity index is 5.13. The molecule has 0 fully saturated rings. The molecule has 0 amide bonds. The van der Waals surface area contributed by atoms with E-state index in [1.807, 2.05) is 0 Å². The van der Waals surface area contributed by atoms with Crippen molar-refractivity contribution in [3.05, 3.63) is 0 Å². The zero-order chi connectivity index (χ0) is 11.9. The van der Waals surface area contributed by atoms with Crippen LogP contribution in [0.4, 0.5) is 0 Å². The number of hydrogen-bond donors (Lipinski definition) is 0. The van der Waals surface area contributed by atoms with Gasteiger partial charge in [0.1, 0.15) is 0 Å². The van der Waals surface area contributed by atoms with E-state index in [9.17, 15) is 13.0 Å². The van der Waals surface area contributed by atoms with Gasteiger partial charge in [0, 0.05) is 13.2 Å². The summed E-state index contributed by atoms with van der Waals surface area (Å²) in [7, 11) is -4.98. The van der Waals surface area contributed by atoms with E-state index in [0.717, 1.165) is 0 Å². The highest BCUT2D eigenvalue weighted by atomic mass is 32.2. The van der Waals surface area contributed by atoms with Crippen molar-refractivity contribution in [3.63, 3.8) is 0 Å². The molecule has 0 aromatic rings.